The van der Waals surface area contributed by atoms with Gasteiger partial charge in [-0.15, -0.1) is 11.3 Å². The van der Waals surface area contributed by atoms with E-state index in [9.17, 15) is 9.59 Å². The molecule has 2 heterocycles. The first-order valence-corrected chi connectivity index (χ1v) is 10.3. The molecule has 1 aromatic carbocycles. The standard InChI is InChI=1S/C19H21ClN4O2S/c20-15-4-2-1-3-14(15)18-21-11-16(27-18)19(26)24-9-7-23(8-10-24)12-17(25)22-13-5-6-13/h1-4,11,13H,5-10,12H2,(H,22,25). The summed E-state index contributed by atoms with van der Waals surface area (Å²) in [6, 6.07) is 7.89. The summed E-state index contributed by atoms with van der Waals surface area (Å²) in [5, 5.41) is 4.38. The van der Waals surface area contributed by atoms with Gasteiger partial charge in [0.1, 0.15) is 9.88 Å². The topological polar surface area (TPSA) is 65.5 Å². The fraction of sp³-hybridized carbons (Fsp3) is 0.421. The Kier molecular flexibility index (Phi) is 5.43. The lowest BCUT2D eigenvalue weighted by Crippen LogP contribution is -2.51. The second kappa shape index (κ2) is 7.96. The Hall–Kier alpha value is -1.96. The Morgan fingerprint density at radius 1 is 1.19 bits per heavy atom. The molecule has 4 rings (SSSR count). The summed E-state index contributed by atoms with van der Waals surface area (Å²) < 4.78 is 0. The van der Waals surface area contributed by atoms with Gasteiger partial charge >= 0.3 is 0 Å². The van der Waals surface area contributed by atoms with Crippen LogP contribution in [0.2, 0.25) is 5.02 Å². The SMILES string of the molecule is O=C(CN1CCN(C(=O)c2cnc(-c3ccccc3Cl)s2)CC1)NC1CC1. The molecule has 1 aliphatic heterocycles. The molecule has 1 saturated carbocycles. The number of nitrogens with zero attached hydrogens (tertiary/aromatic N) is 3. The van der Waals surface area contributed by atoms with E-state index < -0.39 is 0 Å². The van der Waals surface area contributed by atoms with Gasteiger partial charge in [-0.1, -0.05) is 29.8 Å². The van der Waals surface area contributed by atoms with Crippen molar-refractivity contribution in [2.75, 3.05) is 32.7 Å². The lowest BCUT2D eigenvalue weighted by atomic mass is 10.2. The molecule has 2 fully saturated rings. The number of halogens is 1. The predicted molar refractivity (Wildman–Crippen MR) is 106 cm³/mol. The third kappa shape index (κ3) is 4.48. The summed E-state index contributed by atoms with van der Waals surface area (Å²) in [5.41, 5.74) is 0.842. The Bertz CT molecular complexity index is 844. The number of piperazine rings is 1. The summed E-state index contributed by atoms with van der Waals surface area (Å²) in [4.78, 5) is 33.6. The fourth-order valence-electron chi connectivity index (χ4n) is 3.10. The van der Waals surface area contributed by atoms with Gasteiger partial charge in [0.25, 0.3) is 5.91 Å². The quantitative estimate of drug-likeness (QED) is 0.831. The largest absolute Gasteiger partial charge is 0.352 e. The second-order valence-corrected chi connectivity index (χ2v) is 8.36. The van der Waals surface area contributed by atoms with Crippen molar-refractivity contribution in [1.29, 1.82) is 0 Å². The maximum atomic E-state index is 12.8. The fourth-order valence-corrected chi connectivity index (χ4v) is 4.31. The third-order valence-electron chi connectivity index (χ3n) is 4.79. The number of thiazole rings is 1. The van der Waals surface area contributed by atoms with Crippen molar-refractivity contribution >= 4 is 34.8 Å². The van der Waals surface area contributed by atoms with Crippen molar-refractivity contribution < 1.29 is 9.59 Å². The highest BCUT2D eigenvalue weighted by Crippen LogP contribution is 2.31. The molecule has 27 heavy (non-hydrogen) atoms. The average molecular weight is 405 g/mol. The van der Waals surface area contributed by atoms with Crippen LogP contribution in [0, 0.1) is 0 Å². The number of aromatic nitrogens is 1. The lowest BCUT2D eigenvalue weighted by molar-refractivity contribution is -0.122. The molecule has 8 heteroatoms. The summed E-state index contributed by atoms with van der Waals surface area (Å²) >= 11 is 7.58. The van der Waals surface area contributed by atoms with E-state index in [1.54, 1.807) is 6.20 Å². The molecule has 2 amide bonds. The zero-order valence-corrected chi connectivity index (χ0v) is 16.4. The van der Waals surface area contributed by atoms with Crippen LogP contribution in [0.1, 0.15) is 22.5 Å². The highest BCUT2D eigenvalue weighted by molar-refractivity contribution is 7.17. The number of benzene rings is 1. The van der Waals surface area contributed by atoms with E-state index >= 15 is 0 Å². The van der Waals surface area contributed by atoms with E-state index in [0.717, 1.165) is 23.4 Å². The van der Waals surface area contributed by atoms with Gasteiger partial charge < -0.3 is 10.2 Å². The van der Waals surface area contributed by atoms with Crippen LogP contribution in [-0.4, -0.2) is 65.4 Å². The van der Waals surface area contributed by atoms with Gasteiger partial charge in [-0.2, -0.15) is 0 Å². The monoisotopic (exact) mass is 404 g/mol. The molecule has 1 saturated heterocycles. The maximum absolute atomic E-state index is 12.8. The van der Waals surface area contributed by atoms with Crippen molar-refractivity contribution in [2.45, 2.75) is 18.9 Å². The Balaban J connectivity index is 1.33. The summed E-state index contributed by atoms with van der Waals surface area (Å²) in [6.07, 6.45) is 3.82. The Morgan fingerprint density at radius 3 is 2.63 bits per heavy atom. The van der Waals surface area contributed by atoms with Gasteiger partial charge in [0.15, 0.2) is 0 Å². The predicted octanol–water partition coefficient (Wildman–Crippen LogP) is 2.50. The van der Waals surface area contributed by atoms with Crippen molar-refractivity contribution in [3.8, 4) is 10.6 Å². The molecule has 0 radical (unpaired) electrons. The van der Waals surface area contributed by atoms with Gasteiger partial charge in [0, 0.05) is 37.8 Å². The number of carbonyl (C=O) groups is 2. The third-order valence-corrected chi connectivity index (χ3v) is 6.14. The van der Waals surface area contributed by atoms with Crippen LogP contribution >= 0.6 is 22.9 Å². The lowest BCUT2D eigenvalue weighted by Gasteiger charge is -2.34. The number of hydrogen-bond acceptors (Lipinski definition) is 5. The van der Waals surface area contributed by atoms with E-state index in [1.165, 1.54) is 11.3 Å². The first kappa shape index (κ1) is 18.4. The molecule has 0 atom stereocenters. The second-order valence-electron chi connectivity index (χ2n) is 6.92. The maximum Gasteiger partial charge on any atom is 0.265 e. The van der Waals surface area contributed by atoms with Crippen molar-refractivity contribution in [2.24, 2.45) is 0 Å². The number of rotatable bonds is 5. The van der Waals surface area contributed by atoms with Crippen LogP contribution in [0.5, 0.6) is 0 Å². The zero-order chi connectivity index (χ0) is 18.8. The van der Waals surface area contributed by atoms with Crippen molar-refractivity contribution in [3.05, 3.63) is 40.4 Å². The van der Waals surface area contributed by atoms with Crippen LogP contribution < -0.4 is 5.32 Å². The molecular weight excluding hydrogens is 384 g/mol. The van der Waals surface area contributed by atoms with Crippen LogP contribution in [0.4, 0.5) is 0 Å². The highest BCUT2D eigenvalue weighted by Gasteiger charge is 2.27. The van der Waals surface area contributed by atoms with E-state index in [4.69, 9.17) is 11.6 Å². The van der Waals surface area contributed by atoms with E-state index in [0.29, 0.717) is 48.7 Å². The summed E-state index contributed by atoms with van der Waals surface area (Å²) in [7, 11) is 0. The highest BCUT2D eigenvalue weighted by atomic mass is 35.5. The van der Waals surface area contributed by atoms with Gasteiger partial charge in [0.2, 0.25) is 5.91 Å². The van der Waals surface area contributed by atoms with Gasteiger partial charge in [-0.25, -0.2) is 4.98 Å². The van der Waals surface area contributed by atoms with E-state index in [-0.39, 0.29) is 11.8 Å². The molecule has 142 valence electrons. The molecule has 1 aliphatic carbocycles. The normalized spacial score (nSPS) is 17.7. The summed E-state index contributed by atoms with van der Waals surface area (Å²) in [5.74, 6) is 0.0806. The van der Waals surface area contributed by atoms with E-state index in [2.05, 4.69) is 15.2 Å². The number of amides is 2. The number of carbonyl (C=O) groups excluding carboxylic acids is 2. The van der Waals surface area contributed by atoms with E-state index in [1.807, 2.05) is 29.2 Å². The van der Waals surface area contributed by atoms with Gasteiger partial charge in [-0.05, 0) is 18.9 Å². The molecule has 2 aliphatic rings. The minimum atomic E-state index is -0.00659. The molecule has 0 spiro atoms. The molecule has 0 bridgehead atoms. The van der Waals surface area contributed by atoms with Crippen LogP contribution in [0.25, 0.3) is 10.6 Å². The minimum absolute atomic E-state index is 0.00659. The summed E-state index contributed by atoms with van der Waals surface area (Å²) in [6.45, 7) is 3.07. The Labute approximate surface area is 167 Å². The van der Waals surface area contributed by atoms with Crippen molar-refractivity contribution in [3.63, 3.8) is 0 Å². The number of nitrogens with one attached hydrogen (secondary N) is 1. The van der Waals surface area contributed by atoms with Crippen LogP contribution in [0.3, 0.4) is 0 Å². The first-order chi connectivity index (χ1) is 13.1. The molecule has 1 aromatic heterocycles. The molecule has 6 nitrogen and oxygen atoms in total. The molecule has 0 unspecified atom stereocenters. The van der Waals surface area contributed by atoms with Crippen molar-refractivity contribution in [1.82, 2.24) is 20.1 Å². The smallest absolute Gasteiger partial charge is 0.265 e. The average Bonchev–Trinajstić information content (AvgIpc) is 3.34. The van der Waals surface area contributed by atoms with Crippen LogP contribution in [-0.2, 0) is 4.79 Å². The Morgan fingerprint density at radius 2 is 1.93 bits per heavy atom. The zero-order valence-electron chi connectivity index (χ0n) is 14.9. The first-order valence-electron chi connectivity index (χ1n) is 9.12. The van der Waals surface area contributed by atoms with Gasteiger partial charge in [-0.3, -0.25) is 14.5 Å². The molecule has 1 N–H and O–H groups in total. The number of hydrogen-bond donors (Lipinski definition) is 1. The van der Waals surface area contributed by atoms with Gasteiger partial charge in [0.05, 0.1) is 17.8 Å². The molecule has 2 aromatic rings. The van der Waals surface area contributed by atoms with Crippen LogP contribution in [0.15, 0.2) is 30.5 Å². The molecular formula is C19H21ClN4O2S. The minimum Gasteiger partial charge on any atom is -0.352 e.